The highest BCUT2D eigenvalue weighted by atomic mass is 35.5. The molecule has 2 aromatic rings. The fourth-order valence-electron chi connectivity index (χ4n) is 3.65. The lowest BCUT2D eigenvalue weighted by atomic mass is 9.98. The number of methoxy groups -OCH3 is 1. The number of benzene rings is 2. The maximum atomic E-state index is 12.9. The summed E-state index contributed by atoms with van der Waals surface area (Å²) < 4.78 is 32.4. The molecule has 3 rings (SSSR count). The molecule has 1 saturated heterocycles. The lowest BCUT2D eigenvalue weighted by molar-refractivity contribution is -0.126. The van der Waals surface area contributed by atoms with Crippen LogP contribution in [-0.4, -0.2) is 38.8 Å². The van der Waals surface area contributed by atoms with Crippen LogP contribution in [0.4, 0.5) is 0 Å². The largest absolute Gasteiger partial charge is 0.497 e. The Morgan fingerprint density at radius 3 is 2.55 bits per heavy atom. The number of amides is 1. The third kappa shape index (κ3) is 6.13. The molecule has 2 aromatic carbocycles. The molecule has 1 amide bonds. The Bertz CT molecular complexity index is 1030. The van der Waals surface area contributed by atoms with Gasteiger partial charge in [-0.1, -0.05) is 41.4 Å². The summed E-state index contributed by atoms with van der Waals surface area (Å²) in [5.74, 6) is 0.0358. The smallest absolute Gasteiger partial charge is 0.224 e. The van der Waals surface area contributed by atoms with E-state index in [0.29, 0.717) is 35.0 Å². The van der Waals surface area contributed by atoms with Crippen molar-refractivity contribution in [1.29, 1.82) is 0 Å². The van der Waals surface area contributed by atoms with Crippen LogP contribution in [0.3, 0.4) is 0 Å². The number of halogens is 2. The topological polar surface area (TPSA) is 75.7 Å². The van der Waals surface area contributed by atoms with Gasteiger partial charge in [0.2, 0.25) is 15.9 Å². The summed E-state index contributed by atoms with van der Waals surface area (Å²) in [6, 6.07) is 12.1. The highest BCUT2D eigenvalue weighted by Gasteiger charge is 2.33. The molecule has 0 spiro atoms. The van der Waals surface area contributed by atoms with Gasteiger partial charge in [-0.15, -0.1) is 0 Å². The second-order valence-corrected chi connectivity index (χ2v) is 10.5. The number of ether oxygens (including phenoxy) is 1. The SMILES string of the molecule is COc1ccc([C@@H](C)NC(=O)[C@H]2CCCN(S(=O)(=O)Cc3ccc(Cl)c(Cl)c3)C2)cc1. The number of hydrogen-bond acceptors (Lipinski definition) is 4. The first kappa shape index (κ1) is 23.9. The minimum Gasteiger partial charge on any atom is -0.497 e. The van der Waals surface area contributed by atoms with E-state index in [1.807, 2.05) is 31.2 Å². The first-order valence-electron chi connectivity index (χ1n) is 10.1. The number of piperidine rings is 1. The van der Waals surface area contributed by atoms with Gasteiger partial charge in [0, 0.05) is 13.1 Å². The van der Waals surface area contributed by atoms with Crippen LogP contribution in [0.1, 0.15) is 36.9 Å². The van der Waals surface area contributed by atoms with Crippen LogP contribution < -0.4 is 10.1 Å². The van der Waals surface area contributed by atoms with Crippen LogP contribution in [0, 0.1) is 5.92 Å². The first-order valence-corrected chi connectivity index (χ1v) is 12.4. The van der Waals surface area contributed by atoms with Crippen LogP contribution >= 0.6 is 23.2 Å². The van der Waals surface area contributed by atoms with Crippen molar-refractivity contribution in [3.8, 4) is 5.75 Å². The molecule has 2 atom stereocenters. The summed E-state index contributed by atoms with van der Waals surface area (Å²) in [7, 11) is -1.98. The molecule has 1 heterocycles. The predicted molar refractivity (Wildman–Crippen MR) is 123 cm³/mol. The highest BCUT2D eigenvalue weighted by Crippen LogP contribution is 2.26. The zero-order valence-electron chi connectivity index (χ0n) is 17.5. The molecule has 1 N–H and O–H groups in total. The summed E-state index contributed by atoms with van der Waals surface area (Å²) in [6.45, 7) is 2.48. The van der Waals surface area contributed by atoms with Gasteiger partial charge in [0.15, 0.2) is 0 Å². The van der Waals surface area contributed by atoms with Crippen LogP contribution in [0.15, 0.2) is 42.5 Å². The molecule has 0 bridgehead atoms. The molecule has 6 nitrogen and oxygen atoms in total. The van der Waals surface area contributed by atoms with Crippen LogP contribution in [0.2, 0.25) is 10.0 Å². The first-order chi connectivity index (χ1) is 14.7. The summed E-state index contributed by atoms with van der Waals surface area (Å²) in [5.41, 5.74) is 1.52. The fraction of sp³-hybridized carbons (Fsp3) is 0.409. The van der Waals surface area contributed by atoms with E-state index in [4.69, 9.17) is 27.9 Å². The standard InChI is InChI=1S/C22H26Cl2N2O4S/c1-15(17-6-8-19(30-2)9-7-17)25-22(27)18-4-3-11-26(13-18)31(28,29)14-16-5-10-20(23)21(24)12-16/h5-10,12,15,18H,3-4,11,13-14H2,1-2H3,(H,25,27)/t15-,18+/m1/s1. The van der Waals surface area contributed by atoms with Crippen molar-refractivity contribution in [1.82, 2.24) is 9.62 Å². The van der Waals surface area contributed by atoms with Crippen molar-refractivity contribution in [2.24, 2.45) is 5.92 Å². The van der Waals surface area contributed by atoms with E-state index >= 15 is 0 Å². The quantitative estimate of drug-likeness (QED) is 0.630. The summed E-state index contributed by atoms with van der Waals surface area (Å²) in [5, 5.41) is 3.70. The number of nitrogens with zero attached hydrogens (tertiary/aromatic N) is 1. The van der Waals surface area contributed by atoms with Gasteiger partial charge in [-0.2, -0.15) is 0 Å². The molecule has 1 fully saturated rings. The Morgan fingerprint density at radius 2 is 1.90 bits per heavy atom. The molecule has 0 radical (unpaired) electrons. The van der Waals surface area contributed by atoms with Crippen molar-refractivity contribution >= 4 is 39.1 Å². The van der Waals surface area contributed by atoms with E-state index in [1.54, 1.807) is 25.3 Å². The number of carbonyl (C=O) groups excluding carboxylic acids is 1. The van der Waals surface area contributed by atoms with Crippen LogP contribution in [0.5, 0.6) is 5.75 Å². The molecule has 1 aliphatic rings. The van der Waals surface area contributed by atoms with Gasteiger partial charge in [0.05, 0.1) is 34.9 Å². The number of sulfonamides is 1. The lowest BCUT2D eigenvalue weighted by Crippen LogP contribution is -2.46. The molecular formula is C22H26Cl2N2O4S. The zero-order valence-corrected chi connectivity index (χ0v) is 19.8. The van der Waals surface area contributed by atoms with E-state index < -0.39 is 15.9 Å². The Kier molecular flexibility index (Phi) is 7.86. The second kappa shape index (κ2) is 10.2. The van der Waals surface area contributed by atoms with Crippen molar-refractivity contribution in [2.75, 3.05) is 20.2 Å². The zero-order chi connectivity index (χ0) is 22.6. The number of nitrogens with one attached hydrogen (secondary N) is 1. The van der Waals surface area contributed by atoms with E-state index in [0.717, 1.165) is 11.3 Å². The van der Waals surface area contributed by atoms with Crippen molar-refractivity contribution in [3.05, 3.63) is 63.6 Å². The molecule has 9 heteroatoms. The Balaban J connectivity index is 1.62. The Morgan fingerprint density at radius 1 is 1.19 bits per heavy atom. The molecule has 168 valence electrons. The van der Waals surface area contributed by atoms with Gasteiger partial charge >= 0.3 is 0 Å². The van der Waals surface area contributed by atoms with Gasteiger partial charge in [0.1, 0.15) is 5.75 Å². The normalized spacial score (nSPS) is 18.4. The lowest BCUT2D eigenvalue weighted by Gasteiger charge is -2.32. The van der Waals surface area contributed by atoms with Gasteiger partial charge in [-0.05, 0) is 55.2 Å². The summed E-state index contributed by atoms with van der Waals surface area (Å²) in [4.78, 5) is 12.8. The van der Waals surface area contributed by atoms with Crippen molar-refractivity contribution < 1.29 is 17.9 Å². The van der Waals surface area contributed by atoms with E-state index in [1.165, 1.54) is 4.31 Å². The molecule has 0 aromatic heterocycles. The Hall–Kier alpha value is -1.80. The van der Waals surface area contributed by atoms with Crippen LogP contribution in [0.25, 0.3) is 0 Å². The average Bonchev–Trinajstić information content (AvgIpc) is 2.76. The maximum absolute atomic E-state index is 12.9. The van der Waals surface area contributed by atoms with Gasteiger partial charge in [0.25, 0.3) is 0 Å². The van der Waals surface area contributed by atoms with E-state index in [2.05, 4.69) is 5.32 Å². The highest BCUT2D eigenvalue weighted by molar-refractivity contribution is 7.88. The molecule has 1 aliphatic heterocycles. The molecule has 0 saturated carbocycles. The third-order valence-corrected chi connectivity index (χ3v) is 8.01. The van der Waals surface area contributed by atoms with Gasteiger partial charge in [-0.3, -0.25) is 4.79 Å². The molecule has 0 aliphatic carbocycles. The van der Waals surface area contributed by atoms with Crippen molar-refractivity contribution in [2.45, 2.75) is 31.6 Å². The number of hydrogen-bond donors (Lipinski definition) is 1. The monoisotopic (exact) mass is 484 g/mol. The summed E-state index contributed by atoms with van der Waals surface area (Å²) >= 11 is 11.9. The third-order valence-electron chi connectivity index (χ3n) is 5.46. The predicted octanol–water partition coefficient (Wildman–Crippen LogP) is 4.42. The fourth-order valence-corrected chi connectivity index (χ4v) is 5.57. The summed E-state index contributed by atoms with van der Waals surface area (Å²) in [6.07, 6.45) is 1.29. The van der Waals surface area contributed by atoms with E-state index in [-0.39, 0.29) is 24.2 Å². The maximum Gasteiger partial charge on any atom is 0.224 e. The number of carbonyl (C=O) groups is 1. The minimum atomic E-state index is -3.58. The Labute approximate surface area is 193 Å². The van der Waals surface area contributed by atoms with Gasteiger partial charge < -0.3 is 10.1 Å². The molecular weight excluding hydrogens is 459 g/mol. The minimum absolute atomic E-state index is 0.141. The molecule has 31 heavy (non-hydrogen) atoms. The second-order valence-electron chi connectivity index (χ2n) is 7.71. The molecule has 0 unspecified atom stereocenters. The number of rotatable bonds is 7. The van der Waals surface area contributed by atoms with Crippen molar-refractivity contribution in [3.63, 3.8) is 0 Å². The van der Waals surface area contributed by atoms with Crippen LogP contribution in [-0.2, 0) is 20.6 Å². The van der Waals surface area contributed by atoms with Gasteiger partial charge in [-0.25, -0.2) is 12.7 Å². The van der Waals surface area contributed by atoms with E-state index in [9.17, 15) is 13.2 Å². The average molecular weight is 485 g/mol.